The molecular weight excluding hydrogens is 382 g/mol. The van der Waals surface area contributed by atoms with E-state index in [0.29, 0.717) is 5.69 Å². The van der Waals surface area contributed by atoms with Gasteiger partial charge >= 0.3 is 5.97 Å². The van der Waals surface area contributed by atoms with Gasteiger partial charge in [0, 0.05) is 11.7 Å². The topological polar surface area (TPSA) is 97.4 Å². The van der Waals surface area contributed by atoms with Gasteiger partial charge in [0.05, 0.1) is 23.4 Å². The van der Waals surface area contributed by atoms with Crippen molar-refractivity contribution in [1.29, 1.82) is 0 Å². The number of hydrogen-bond donors (Lipinski definition) is 2. The number of hydrogen-bond acceptors (Lipinski definition) is 5. The van der Waals surface area contributed by atoms with Gasteiger partial charge in [-0.05, 0) is 44.5 Å². The van der Waals surface area contributed by atoms with Crippen LogP contribution in [0, 0.1) is 6.92 Å². The third-order valence-corrected chi connectivity index (χ3v) is 4.45. The van der Waals surface area contributed by atoms with Crippen LogP contribution in [0.2, 0.25) is 5.02 Å². The Hall–Kier alpha value is -2.93. The molecule has 0 saturated carbocycles. The minimum atomic E-state index is -0.683. The molecule has 2 N–H and O–H groups in total. The van der Waals surface area contributed by atoms with Crippen molar-refractivity contribution < 1.29 is 19.1 Å². The Labute approximate surface area is 168 Å². The highest BCUT2D eigenvalue weighted by atomic mass is 35.5. The molecule has 2 amide bonds. The number of ether oxygens (including phenoxy) is 1. The van der Waals surface area contributed by atoms with E-state index in [4.69, 9.17) is 16.3 Å². The Morgan fingerprint density at radius 1 is 1.18 bits per heavy atom. The van der Waals surface area contributed by atoms with Crippen LogP contribution in [0.25, 0.3) is 0 Å². The fourth-order valence-electron chi connectivity index (χ4n) is 2.43. The van der Waals surface area contributed by atoms with Crippen molar-refractivity contribution >= 4 is 35.1 Å². The van der Waals surface area contributed by atoms with Crippen molar-refractivity contribution in [2.24, 2.45) is 0 Å². The molecule has 148 valence electrons. The van der Waals surface area contributed by atoms with E-state index < -0.39 is 17.8 Å². The number of amides is 2. The molecule has 0 aliphatic rings. The largest absolute Gasteiger partial charge is 0.465 e. The highest BCUT2D eigenvalue weighted by Crippen LogP contribution is 2.26. The third kappa shape index (κ3) is 4.86. The van der Waals surface area contributed by atoms with Crippen LogP contribution < -0.4 is 10.6 Å². The predicted octanol–water partition coefficient (Wildman–Crippen LogP) is 3.61. The van der Waals surface area contributed by atoms with Gasteiger partial charge in [0.15, 0.2) is 0 Å². The molecule has 1 unspecified atom stereocenters. The van der Waals surface area contributed by atoms with Crippen molar-refractivity contribution in [3.05, 3.63) is 57.9 Å². The maximum Gasteiger partial charge on any atom is 0.341 e. The number of benzene rings is 1. The predicted molar refractivity (Wildman–Crippen MR) is 107 cm³/mol. The minimum Gasteiger partial charge on any atom is -0.465 e. The lowest BCUT2D eigenvalue weighted by Crippen LogP contribution is -2.34. The van der Waals surface area contributed by atoms with Crippen molar-refractivity contribution in [3.8, 4) is 0 Å². The van der Waals surface area contributed by atoms with Crippen molar-refractivity contribution in [2.75, 3.05) is 12.4 Å². The van der Waals surface area contributed by atoms with Gasteiger partial charge in [-0.15, -0.1) is 0 Å². The second kappa shape index (κ2) is 9.32. The second-order valence-corrected chi connectivity index (χ2v) is 6.65. The molecule has 7 nitrogen and oxygen atoms in total. The molecule has 0 radical (unpaired) electrons. The van der Waals surface area contributed by atoms with Crippen LogP contribution in [-0.4, -0.2) is 35.9 Å². The standard InChI is InChI=1S/C20H22ClN3O4/c1-5-11(2)23-19(26)17-13(10-9-12(3)22-17)18(25)24-15-8-6-7-14(21)16(15)20(27)28-4/h6-11H,5H2,1-4H3,(H,23,26)(H,24,25). The van der Waals surface area contributed by atoms with E-state index in [1.807, 2.05) is 13.8 Å². The molecule has 0 fully saturated rings. The van der Waals surface area contributed by atoms with Crippen molar-refractivity contribution in [1.82, 2.24) is 10.3 Å². The number of pyridine rings is 1. The molecule has 1 heterocycles. The number of halogens is 1. The number of anilines is 1. The van der Waals surface area contributed by atoms with Crippen LogP contribution in [0.1, 0.15) is 57.2 Å². The molecule has 1 atom stereocenters. The van der Waals surface area contributed by atoms with Crippen LogP contribution >= 0.6 is 11.6 Å². The Morgan fingerprint density at radius 3 is 2.54 bits per heavy atom. The fourth-order valence-corrected chi connectivity index (χ4v) is 2.69. The summed E-state index contributed by atoms with van der Waals surface area (Å²) in [7, 11) is 1.22. The molecule has 2 rings (SSSR count). The zero-order valence-electron chi connectivity index (χ0n) is 16.1. The Bertz CT molecular complexity index is 914. The van der Waals surface area contributed by atoms with E-state index in [1.165, 1.54) is 25.3 Å². The number of methoxy groups -OCH3 is 1. The monoisotopic (exact) mass is 403 g/mol. The average Bonchev–Trinajstić information content (AvgIpc) is 2.67. The minimum absolute atomic E-state index is 0.0134. The maximum absolute atomic E-state index is 12.9. The summed E-state index contributed by atoms with van der Waals surface area (Å²) in [5.41, 5.74) is 0.911. The quantitative estimate of drug-likeness (QED) is 0.718. The smallest absolute Gasteiger partial charge is 0.341 e. The summed E-state index contributed by atoms with van der Waals surface area (Å²) in [6.07, 6.45) is 0.740. The van der Waals surface area contributed by atoms with Gasteiger partial charge in [0.1, 0.15) is 11.3 Å². The first-order valence-electron chi connectivity index (χ1n) is 8.75. The molecule has 0 saturated heterocycles. The number of nitrogens with one attached hydrogen (secondary N) is 2. The molecule has 28 heavy (non-hydrogen) atoms. The summed E-state index contributed by atoms with van der Waals surface area (Å²) in [5, 5.41) is 5.56. The molecule has 8 heteroatoms. The number of esters is 1. The average molecular weight is 404 g/mol. The molecule has 1 aromatic heterocycles. The lowest BCUT2D eigenvalue weighted by Gasteiger charge is -2.15. The molecule has 1 aromatic carbocycles. The van der Waals surface area contributed by atoms with Crippen molar-refractivity contribution in [3.63, 3.8) is 0 Å². The first kappa shape index (κ1) is 21.4. The van der Waals surface area contributed by atoms with Gasteiger partial charge in [-0.1, -0.05) is 24.6 Å². The summed E-state index contributed by atoms with van der Waals surface area (Å²) in [5.74, 6) is -1.71. The molecule has 2 aromatic rings. The van der Waals surface area contributed by atoms with Gasteiger partial charge in [-0.25, -0.2) is 9.78 Å². The summed E-state index contributed by atoms with van der Waals surface area (Å²) in [6, 6.07) is 7.72. The highest BCUT2D eigenvalue weighted by molar-refractivity contribution is 6.34. The number of rotatable bonds is 6. The first-order valence-corrected chi connectivity index (χ1v) is 9.12. The van der Waals surface area contributed by atoms with Gasteiger partial charge in [-0.2, -0.15) is 0 Å². The van der Waals surface area contributed by atoms with E-state index in [2.05, 4.69) is 15.6 Å². The number of aromatic nitrogens is 1. The van der Waals surface area contributed by atoms with E-state index in [1.54, 1.807) is 19.1 Å². The summed E-state index contributed by atoms with van der Waals surface area (Å²) in [4.78, 5) is 41.7. The van der Waals surface area contributed by atoms with Gasteiger partial charge in [-0.3, -0.25) is 9.59 Å². The van der Waals surface area contributed by atoms with E-state index in [-0.39, 0.29) is 33.6 Å². The number of carbonyl (C=O) groups is 3. The van der Waals surface area contributed by atoms with Crippen LogP contribution in [-0.2, 0) is 4.74 Å². The SMILES string of the molecule is CCC(C)NC(=O)c1nc(C)ccc1C(=O)Nc1cccc(Cl)c1C(=O)OC. The first-order chi connectivity index (χ1) is 13.3. The Kier molecular flexibility index (Phi) is 7.12. The molecule has 0 aliphatic carbocycles. The Balaban J connectivity index is 2.40. The molecular formula is C20H22ClN3O4. The van der Waals surface area contributed by atoms with Crippen molar-refractivity contribution in [2.45, 2.75) is 33.2 Å². The zero-order chi connectivity index (χ0) is 20.8. The maximum atomic E-state index is 12.9. The van der Waals surface area contributed by atoms with Crippen LogP contribution in [0.3, 0.4) is 0 Å². The number of aryl methyl sites for hydroxylation is 1. The summed E-state index contributed by atoms with van der Waals surface area (Å²) >= 11 is 6.08. The third-order valence-electron chi connectivity index (χ3n) is 4.14. The normalized spacial score (nSPS) is 11.5. The summed E-state index contributed by atoms with van der Waals surface area (Å²) in [6.45, 7) is 5.53. The number of carbonyl (C=O) groups excluding carboxylic acids is 3. The summed E-state index contributed by atoms with van der Waals surface area (Å²) < 4.78 is 4.73. The second-order valence-electron chi connectivity index (χ2n) is 6.24. The van der Waals surface area contributed by atoms with E-state index in [9.17, 15) is 14.4 Å². The lowest BCUT2D eigenvalue weighted by molar-refractivity contribution is 0.0602. The fraction of sp³-hybridized carbons (Fsp3) is 0.300. The number of nitrogens with zero attached hydrogens (tertiary/aromatic N) is 1. The lowest BCUT2D eigenvalue weighted by atomic mass is 10.1. The molecule has 0 bridgehead atoms. The molecule has 0 aliphatic heterocycles. The van der Waals surface area contributed by atoms with E-state index in [0.717, 1.165) is 6.42 Å². The Morgan fingerprint density at radius 2 is 1.89 bits per heavy atom. The van der Waals surface area contributed by atoms with Crippen LogP contribution in [0.5, 0.6) is 0 Å². The van der Waals surface area contributed by atoms with Gasteiger partial charge in [0.25, 0.3) is 11.8 Å². The van der Waals surface area contributed by atoms with E-state index >= 15 is 0 Å². The van der Waals surface area contributed by atoms with Gasteiger partial charge in [0.2, 0.25) is 0 Å². The van der Waals surface area contributed by atoms with Gasteiger partial charge < -0.3 is 15.4 Å². The zero-order valence-corrected chi connectivity index (χ0v) is 16.9. The van der Waals surface area contributed by atoms with Crippen LogP contribution in [0.15, 0.2) is 30.3 Å². The van der Waals surface area contributed by atoms with Crippen LogP contribution in [0.4, 0.5) is 5.69 Å². The molecule has 0 spiro atoms. The highest BCUT2D eigenvalue weighted by Gasteiger charge is 2.23.